The van der Waals surface area contributed by atoms with E-state index in [2.05, 4.69) is 9.84 Å². The van der Waals surface area contributed by atoms with Crippen molar-refractivity contribution in [1.82, 2.24) is 9.78 Å². The Balaban J connectivity index is 2.16. The smallest absolute Gasteiger partial charge is 0.436 e. The molecule has 0 radical (unpaired) electrons. The summed E-state index contributed by atoms with van der Waals surface area (Å²) in [6.45, 7) is 0.629. The van der Waals surface area contributed by atoms with Crippen LogP contribution in [0.1, 0.15) is 16.1 Å². The summed E-state index contributed by atoms with van der Waals surface area (Å²) in [6, 6.07) is 6.58. The molecule has 1 aliphatic heterocycles. The molecule has 3 rings (SSSR count). The predicted molar refractivity (Wildman–Crippen MR) is 77.0 cm³/mol. The van der Waals surface area contributed by atoms with Crippen LogP contribution in [0.15, 0.2) is 24.3 Å². The fraction of sp³-hybridized carbons (Fsp3) is 0.286. The first kappa shape index (κ1) is 15.7. The van der Waals surface area contributed by atoms with Gasteiger partial charge >= 0.3 is 12.1 Å². The third kappa shape index (κ3) is 2.63. The minimum atomic E-state index is -4.74. The summed E-state index contributed by atoms with van der Waals surface area (Å²) in [4.78, 5) is 13.5. The molecule has 0 bridgehead atoms. The Morgan fingerprint density at radius 3 is 2.48 bits per heavy atom. The van der Waals surface area contributed by atoms with Gasteiger partial charge in [-0.2, -0.15) is 18.3 Å². The molecule has 0 unspecified atom stereocenters. The van der Waals surface area contributed by atoms with Gasteiger partial charge in [-0.05, 0) is 24.3 Å². The van der Waals surface area contributed by atoms with Crippen LogP contribution >= 0.6 is 11.6 Å². The molecule has 1 aromatic heterocycles. The van der Waals surface area contributed by atoms with Gasteiger partial charge in [0.1, 0.15) is 11.4 Å². The number of esters is 1. The topological polar surface area (TPSA) is 47.4 Å². The number of fused-ring (bicyclic) bond motifs is 1. The molecule has 0 aliphatic carbocycles. The van der Waals surface area contributed by atoms with Gasteiger partial charge in [-0.25, -0.2) is 9.48 Å². The lowest BCUT2D eigenvalue weighted by Crippen LogP contribution is -2.20. The van der Waals surface area contributed by atoms with Gasteiger partial charge in [-0.15, -0.1) is 0 Å². The van der Waals surface area contributed by atoms with Gasteiger partial charge in [0.2, 0.25) is 0 Å². The largest absolute Gasteiger partial charge is 0.465 e. The number of anilines is 2. The molecule has 5 nitrogen and oxygen atoms in total. The Hall–Kier alpha value is -2.22. The second kappa shape index (κ2) is 5.45. The number of hydrogen-bond acceptors (Lipinski definition) is 4. The summed E-state index contributed by atoms with van der Waals surface area (Å²) >= 11 is 5.83. The van der Waals surface area contributed by atoms with Crippen LogP contribution in [0, 0.1) is 0 Å². The Bertz CT molecular complexity index is 756. The highest BCUT2D eigenvalue weighted by atomic mass is 35.5. The SMILES string of the molecule is COC(=O)c1c(C(F)(F)F)nn2c1N(c1ccc(Cl)cc1)CC2. The van der Waals surface area contributed by atoms with Gasteiger partial charge in [0.05, 0.1) is 13.7 Å². The molecule has 0 N–H and O–H groups in total. The number of halogens is 4. The number of hydrogen-bond donors (Lipinski definition) is 0. The van der Waals surface area contributed by atoms with Crippen molar-refractivity contribution in [2.75, 3.05) is 18.6 Å². The Labute approximate surface area is 134 Å². The molecule has 0 atom stereocenters. The molecular formula is C14H11ClF3N3O2. The van der Waals surface area contributed by atoms with Crippen molar-refractivity contribution < 1.29 is 22.7 Å². The van der Waals surface area contributed by atoms with Gasteiger partial charge in [-0.1, -0.05) is 11.6 Å². The number of ether oxygens (including phenoxy) is 1. The lowest BCUT2D eigenvalue weighted by molar-refractivity contribution is -0.142. The molecule has 0 amide bonds. The number of nitrogens with zero attached hydrogens (tertiary/aromatic N) is 3. The van der Waals surface area contributed by atoms with Gasteiger partial charge in [-0.3, -0.25) is 0 Å². The fourth-order valence-electron chi connectivity index (χ4n) is 2.54. The normalized spacial score (nSPS) is 14.0. The van der Waals surface area contributed by atoms with E-state index in [0.29, 0.717) is 17.3 Å². The summed E-state index contributed by atoms with van der Waals surface area (Å²) in [5, 5.41) is 4.05. The van der Waals surface area contributed by atoms with E-state index < -0.39 is 23.4 Å². The molecule has 1 aliphatic rings. The van der Waals surface area contributed by atoms with Crippen LogP contribution < -0.4 is 4.90 Å². The number of benzene rings is 1. The van der Waals surface area contributed by atoms with Gasteiger partial charge in [0.25, 0.3) is 0 Å². The molecule has 122 valence electrons. The number of methoxy groups -OCH3 is 1. The second-order valence-corrected chi connectivity index (χ2v) is 5.32. The van der Waals surface area contributed by atoms with Gasteiger partial charge in [0.15, 0.2) is 5.69 Å². The van der Waals surface area contributed by atoms with E-state index >= 15 is 0 Å². The van der Waals surface area contributed by atoms with E-state index in [-0.39, 0.29) is 12.4 Å². The van der Waals surface area contributed by atoms with Crippen molar-refractivity contribution in [3.8, 4) is 0 Å². The highest BCUT2D eigenvalue weighted by molar-refractivity contribution is 6.30. The monoisotopic (exact) mass is 345 g/mol. The highest BCUT2D eigenvalue weighted by Gasteiger charge is 2.44. The molecule has 0 fully saturated rings. The fourth-order valence-corrected chi connectivity index (χ4v) is 2.67. The van der Waals surface area contributed by atoms with E-state index in [4.69, 9.17) is 11.6 Å². The average Bonchev–Trinajstić information content (AvgIpc) is 3.06. The van der Waals surface area contributed by atoms with Crippen molar-refractivity contribution in [3.05, 3.63) is 40.5 Å². The minimum Gasteiger partial charge on any atom is -0.465 e. The van der Waals surface area contributed by atoms with Crippen molar-refractivity contribution in [2.24, 2.45) is 0 Å². The third-order valence-electron chi connectivity index (χ3n) is 3.51. The zero-order valence-electron chi connectivity index (χ0n) is 11.9. The number of carbonyl (C=O) groups is 1. The highest BCUT2D eigenvalue weighted by Crippen LogP contribution is 2.41. The Kier molecular flexibility index (Phi) is 3.71. The van der Waals surface area contributed by atoms with Crippen LogP contribution in [0.3, 0.4) is 0 Å². The van der Waals surface area contributed by atoms with Crippen molar-refractivity contribution in [1.29, 1.82) is 0 Å². The second-order valence-electron chi connectivity index (χ2n) is 4.89. The summed E-state index contributed by atoms with van der Waals surface area (Å²) in [5.74, 6) is -0.995. The summed E-state index contributed by atoms with van der Waals surface area (Å²) in [7, 11) is 1.04. The van der Waals surface area contributed by atoms with E-state index in [9.17, 15) is 18.0 Å². The number of alkyl halides is 3. The maximum Gasteiger partial charge on any atom is 0.436 e. The number of rotatable bonds is 2. The number of carbonyl (C=O) groups excluding carboxylic acids is 1. The summed E-state index contributed by atoms with van der Waals surface area (Å²) in [5.41, 5.74) is -1.20. The maximum absolute atomic E-state index is 13.2. The maximum atomic E-state index is 13.2. The molecule has 0 saturated carbocycles. The van der Waals surface area contributed by atoms with Crippen LogP contribution in [-0.2, 0) is 17.5 Å². The van der Waals surface area contributed by atoms with Crippen LogP contribution in [0.4, 0.5) is 24.7 Å². The predicted octanol–water partition coefficient (Wildman–Crippen LogP) is 3.49. The quantitative estimate of drug-likeness (QED) is 0.782. The Morgan fingerprint density at radius 1 is 1.26 bits per heavy atom. The lowest BCUT2D eigenvalue weighted by atomic mass is 10.2. The molecule has 2 aromatic rings. The summed E-state index contributed by atoms with van der Waals surface area (Å²) < 4.78 is 45.2. The lowest BCUT2D eigenvalue weighted by Gasteiger charge is -2.19. The average molecular weight is 346 g/mol. The van der Waals surface area contributed by atoms with Crippen LogP contribution in [0.5, 0.6) is 0 Å². The standard InChI is InChI=1S/C14H11ClF3N3O2/c1-23-13(22)10-11(14(16,17)18)19-21-7-6-20(12(10)21)9-4-2-8(15)3-5-9/h2-5H,6-7H2,1H3. The molecule has 1 aromatic carbocycles. The molecule has 2 heterocycles. The third-order valence-corrected chi connectivity index (χ3v) is 3.76. The zero-order valence-corrected chi connectivity index (χ0v) is 12.6. The van der Waals surface area contributed by atoms with Gasteiger partial charge < -0.3 is 9.64 Å². The van der Waals surface area contributed by atoms with E-state index in [1.165, 1.54) is 4.68 Å². The zero-order chi connectivity index (χ0) is 16.8. The Morgan fingerprint density at radius 2 is 1.91 bits per heavy atom. The van der Waals surface area contributed by atoms with Crippen molar-refractivity contribution in [3.63, 3.8) is 0 Å². The van der Waals surface area contributed by atoms with Gasteiger partial charge in [0, 0.05) is 17.3 Å². The van der Waals surface area contributed by atoms with Crippen molar-refractivity contribution >= 4 is 29.1 Å². The molecule has 0 spiro atoms. The molecule has 9 heteroatoms. The van der Waals surface area contributed by atoms with Crippen LogP contribution in [0.25, 0.3) is 0 Å². The van der Waals surface area contributed by atoms with Crippen molar-refractivity contribution in [2.45, 2.75) is 12.7 Å². The summed E-state index contributed by atoms with van der Waals surface area (Å²) in [6.07, 6.45) is -4.74. The van der Waals surface area contributed by atoms with E-state index in [1.807, 2.05) is 0 Å². The minimum absolute atomic E-state index is 0.0755. The van der Waals surface area contributed by atoms with E-state index in [1.54, 1.807) is 29.2 Å². The first-order valence-electron chi connectivity index (χ1n) is 6.62. The molecule has 23 heavy (non-hydrogen) atoms. The molecule has 0 saturated heterocycles. The van der Waals surface area contributed by atoms with Crippen LogP contribution in [0.2, 0.25) is 5.02 Å². The molecular weight excluding hydrogens is 335 g/mol. The van der Waals surface area contributed by atoms with Crippen LogP contribution in [-0.4, -0.2) is 29.4 Å². The van der Waals surface area contributed by atoms with E-state index in [0.717, 1.165) is 7.11 Å². The number of aromatic nitrogens is 2. The first-order valence-corrected chi connectivity index (χ1v) is 7.00. The first-order chi connectivity index (χ1) is 10.8.